The fourth-order valence-corrected chi connectivity index (χ4v) is 1.72. The van der Waals surface area contributed by atoms with Crippen LogP contribution in [0.4, 0.5) is 0 Å². The van der Waals surface area contributed by atoms with Gasteiger partial charge in [0.25, 0.3) is 0 Å². The van der Waals surface area contributed by atoms with Crippen LogP contribution >= 0.6 is 15.9 Å². The second-order valence-corrected chi connectivity index (χ2v) is 3.59. The van der Waals surface area contributed by atoms with Crippen LogP contribution in [-0.4, -0.2) is 20.2 Å². The van der Waals surface area contributed by atoms with Crippen LogP contribution in [0.15, 0.2) is 18.2 Å². The standard InChI is InChI=1S/C11H13BrO3/c1-14-10-4-3-8(5-9(10)7-12)6-11(13)15-2/h3-5H,6-7H2,1-2H3. The summed E-state index contributed by atoms with van der Waals surface area (Å²) in [6, 6.07) is 5.65. The van der Waals surface area contributed by atoms with Gasteiger partial charge in [-0.25, -0.2) is 0 Å². The minimum Gasteiger partial charge on any atom is -0.496 e. The van der Waals surface area contributed by atoms with Gasteiger partial charge in [0.1, 0.15) is 5.75 Å². The van der Waals surface area contributed by atoms with Crippen LogP contribution in [0.5, 0.6) is 5.75 Å². The smallest absolute Gasteiger partial charge is 0.309 e. The summed E-state index contributed by atoms with van der Waals surface area (Å²) in [6.07, 6.45) is 0.292. The van der Waals surface area contributed by atoms with Crippen molar-refractivity contribution in [2.24, 2.45) is 0 Å². The van der Waals surface area contributed by atoms with Gasteiger partial charge in [-0.1, -0.05) is 28.1 Å². The second kappa shape index (κ2) is 5.75. The number of alkyl halides is 1. The predicted octanol–water partition coefficient (Wildman–Crippen LogP) is 2.31. The van der Waals surface area contributed by atoms with Gasteiger partial charge < -0.3 is 9.47 Å². The van der Waals surface area contributed by atoms with Gasteiger partial charge in [-0.15, -0.1) is 0 Å². The highest BCUT2D eigenvalue weighted by Gasteiger charge is 2.06. The number of carbonyl (C=O) groups is 1. The summed E-state index contributed by atoms with van der Waals surface area (Å²) in [7, 11) is 3.01. The lowest BCUT2D eigenvalue weighted by molar-refractivity contribution is -0.139. The van der Waals surface area contributed by atoms with Gasteiger partial charge in [0.15, 0.2) is 0 Å². The molecular weight excluding hydrogens is 260 g/mol. The molecule has 0 atom stereocenters. The Kier molecular flexibility index (Phi) is 4.62. The Morgan fingerprint density at radius 1 is 1.40 bits per heavy atom. The van der Waals surface area contributed by atoms with E-state index >= 15 is 0 Å². The second-order valence-electron chi connectivity index (χ2n) is 3.03. The van der Waals surface area contributed by atoms with Crippen LogP contribution < -0.4 is 4.74 Å². The van der Waals surface area contributed by atoms with E-state index < -0.39 is 0 Å². The molecule has 0 aliphatic rings. The Bertz CT molecular complexity index is 350. The number of methoxy groups -OCH3 is 2. The zero-order valence-corrected chi connectivity index (χ0v) is 10.3. The number of hydrogen-bond donors (Lipinski definition) is 0. The summed E-state index contributed by atoms with van der Waals surface area (Å²) in [5.74, 6) is 0.584. The summed E-state index contributed by atoms with van der Waals surface area (Å²) >= 11 is 3.37. The Morgan fingerprint density at radius 3 is 2.67 bits per heavy atom. The molecule has 0 unspecified atom stereocenters. The fourth-order valence-electron chi connectivity index (χ4n) is 1.29. The number of benzene rings is 1. The molecule has 3 nitrogen and oxygen atoms in total. The minimum atomic E-state index is -0.235. The van der Waals surface area contributed by atoms with Gasteiger partial charge in [0.05, 0.1) is 20.6 Å². The molecular formula is C11H13BrO3. The Balaban J connectivity index is 2.88. The van der Waals surface area contributed by atoms with Crippen molar-refractivity contribution in [1.82, 2.24) is 0 Å². The molecule has 0 heterocycles. The van der Waals surface area contributed by atoms with Crippen LogP contribution in [0.1, 0.15) is 11.1 Å². The van der Waals surface area contributed by atoms with Gasteiger partial charge in [0.2, 0.25) is 0 Å². The third-order valence-electron chi connectivity index (χ3n) is 2.06. The molecule has 0 aromatic heterocycles. The fraction of sp³-hybridized carbons (Fsp3) is 0.364. The van der Waals surface area contributed by atoms with Crippen molar-refractivity contribution >= 4 is 21.9 Å². The van der Waals surface area contributed by atoms with Crippen molar-refractivity contribution in [2.45, 2.75) is 11.8 Å². The summed E-state index contributed by atoms with van der Waals surface area (Å²) in [4.78, 5) is 11.1. The highest BCUT2D eigenvalue weighted by molar-refractivity contribution is 9.08. The lowest BCUT2D eigenvalue weighted by Gasteiger charge is -2.08. The highest BCUT2D eigenvalue weighted by Crippen LogP contribution is 2.22. The molecule has 1 aromatic rings. The first-order valence-corrected chi connectivity index (χ1v) is 5.62. The van der Waals surface area contributed by atoms with Crippen LogP contribution in [0, 0.1) is 0 Å². The van der Waals surface area contributed by atoms with Crippen LogP contribution in [0.2, 0.25) is 0 Å². The molecule has 0 radical (unpaired) electrons. The zero-order chi connectivity index (χ0) is 11.3. The third-order valence-corrected chi connectivity index (χ3v) is 2.67. The summed E-state index contributed by atoms with van der Waals surface area (Å²) in [5, 5.41) is 0.700. The van der Waals surface area contributed by atoms with Crippen molar-refractivity contribution in [1.29, 1.82) is 0 Å². The van der Waals surface area contributed by atoms with Crippen molar-refractivity contribution in [2.75, 3.05) is 14.2 Å². The molecule has 0 amide bonds. The first-order valence-electron chi connectivity index (χ1n) is 4.49. The van der Waals surface area contributed by atoms with Crippen molar-refractivity contribution in [3.63, 3.8) is 0 Å². The van der Waals surface area contributed by atoms with E-state index in [9.17, 15) is 4.79 Å². The minimum absolute atomic E-state index is 0.235. The van der Waals surface area contributed by atoms with Gasteiger partial charge in [-0.2, -0.15) is 0 Å². The number of carbonyl (C=O) groups excluding carboxylic acids is 1. The van der Waals surface area contributed by atoms with E-state index in [1.807, 2.05) is 18.2 Å². The molecule has 0 fully saturated rings. The lowest BCUT2D eigenvalue weighted by atomic mass is 10.1. The Hall–Kier alpha value is -1.03. The maximum absolute atomic E-state index is 11.1. The summed E-state index contributed by atoms with van der Waals surface area (Å²) < 4.78 is 9.78. The molecule has 4 heteroatoms. The number of rotatable bonds is 4. The Morgan fingerprint density at radius 2 is 2.13 bits per heavy atom. The number of hydrogen-bond acceptors (Lipinski definition) is 3. The van der Waals surface area contributed by atoms with Crippen molar-refractivity contribution < 1.29 is 14.3 Å². The van der Waals surface area contributed by atoms with Gasteiger partial charge in [-0.3, -0.25) is 4.79 Å². The quantitative estimate of drug-likeness (QED) is 0.623. The molecule has 0 aliphatic carbocycles. The predicted molar refractivity (Wildman–Crippen MR) is 61.3 cm³/mol. The molecule has 1 rings (SSSR count). The molecule has 82 valence electrons. The highest BCUT2D eigenvalue weighted by atomic mass is 79.9. The van der Waals surface area contributed by atoms with Crippen LogP contribution in [-0.2, 0) is 21.3 Å². The molecule has 1 aromatic carbocycles. The lowest BCUT2D eigenvalue weighted by Crippen LogP contribution is -2.04. The number of ether oxygens (including phenoxy) is 2. The zero-order valence-electron chi connectivity index (χ0n) is 8.75. The van der Waals surface area contributed by atoms with Crippen LogP contribution in [0.3, 0.4) is 0 Å². The normalized spacial score (nSPS) is 9.80. The molecule has 0 N–H and O–H groups in total. The first kappa shape index (κ1) is 12.0. The molecule has 0 aliphatic heterocycles. The SMILES string of the molecule is COC(=O)Cc1ccc(OC)c(CBr)c1. The van der Waals surface area contributed by atoms with E-state index in [2.05, 4.69) is 20.7 Å². The molecule has 0 bridgehead atoms. The van der Waals surface area contributed by atoms with E-state index in [1.54, 1.807) is 7.11 Å². The van der Waals surface area contributed by atoms with Gasteiger partial charge >= 0.3 is 5.97 Å². The molecule has 15 heavy (non-hydrogen) atoms. The Labute approximate surface area is 97.5 Å². The summed E-state index contributed by atoms with van der Waals surface area (Å²) in [5.41, 5.74) is 1.95. The summed E-state index contributed by atoms with van der Waals surface area (Å²) in [6.45, 7) is 0. The first-order chi connectivity index (χ1) is 7.21. The van der Waals surface area contributed by atoms with Crippen molar-refractivity contribution in [3.05, 3.63) is 29.3 Å². The van der Waals surface area contributed by atoms with E-state index in [4.69, 9.17) is 4.74 Å². The molecule has 0 saturated carbocycles. The van der Waals surface area contributed by atoms with E-state index in [0.29, 0.717) is 11.8 Å². The maximum Gasteiger partial charge on any atom is 0.309 e. The van der Waals surface area contributed by atoms with Gasteiger partial charge in [0, 0.05) is 10.9 Å². The van der Waals surface area contributed by atoms with E-state index in [1.165, 1.54) is 7.11 Å². The van der Waals surface area contributed by atoms with Crippen LogP contribution in [0.25, 0.3) is 0 Å². The maximum atomic E-state index is 11.1. The van der Waals surface area contributed by atoms with Gasteiger partial charge in [-0.05, 0) is 11.6 Å². The average Bonchev–Trinajstić information content (AvgIpc) is 2.28. The third kappa shape index (κ3) is 3.23. The van der Waals surface area contributed by atoms with E-state index in [-0.39, 0.29) is 5.97 Å². The van der Waals surface area contributed by atoms with Crippen molar-refractivity contribution in [3.8, 4) is 5.75 Å². The topological polar surface area (TPSA) is 35.5 Å². The largest absolute Gasteiger partial charge is 0.496 e. The average molecular weight is 273 g/mol. The van der Waals surface area contributed by atoms with E-state index in [0.717, 1.165) is 16.9 Å². The molecule has 0 spiro atoms. The monoisotopic (exact) mass is 272 g/mol. The molecule has 0 saturated heterocycles. The number of esters is 1. The number of halogens is 1.